The molecule has 2 heterocycles. The van der Waals surface area contributed by atoms with Crippen molar-refractivity contribution in [2.24, 2.45) is 0 Å². The van der Waals surface area contributed by atoms with Gasteiger partial charge in [-0.1, -0.05) is 39.8 Å². The summed E-state index contributed by atoms with van der Waals surface area (Å²) in [4.78, 5) is 29.9. The summed E-state index contributed by atoms with van der Waals surface area (Å²) >= 11 is 0. The molecule has 2 amide bonds. The van der Waals surface area contributed by atoms with E-state index >= 15 is 0 Å². The van der Waals surface area contributed by atoms with Crippen LogP contribution < -0.4 is 0 Å². The van der Waals surface area contributed by atoms with Gasteiger partial charge in [0.05, 0.1) is 18.9 Å². The van der Waals surface area contributed by atoms with Crippen LogP contribution in [0.2, 0.25) is 0 Å². The maximum atomic E-state index is 13.3. The summed E-state index contributed by atoms with van der Waals surface area (Å²) in [5.74, 6) is 0.517. The number of rotatable bonds is 9. The first-order chi connectivity index (χ1) is 15.3. The van der Waals surface area contributed by atoms with Gasteiger partial charge in [-0.05, 0) is 54.5 Å². The molecule has 174 valence electrons. The van der Waals surface area contributed by atoms with Gasteiger partial charge in [-0.2, -0.15) is 0 Å². The average Bonchev–Trinajstić information content (AvgIpc) is 3.46. The fraction of sp³-hybridized carbons (Fsp3) is 0.538. The highest BCUT2D eigenvalue weighted by Gasteiger charge is 2.26. The van der Waals surface area contributed by atoms with E-state index < -0.39 is 0 Å². The zero-order valence-corrected chi connectivity index (χ0v) is 19.8. The van der Waals surface area contributed by atoms with Gasteiger partial charge < -0.3 is 19.0 Å². The van der Waals surface area contributed by atoms with E-state index in [1.807, 2.05) is 43.3 Å². The van der Waals surface area contributed by atoms with Gasteiger partial charge in [0.15, 0.2) is 0 Å². The second-order valence-corrected chi connectivity index (χ2v) is 9.54. The average molecular weight is 441 g/mol. The lowest BCUT2D eigenvalue weighted by Crippen LogP contribution is -2.45. The molecule has 0 radical (unpaired) electrons. The largest absolute Gasteiger partial charge is 0.467 e. The molecule has 1 aliphatic rings. The van der Waals surface area contributed by atoms with Crippen LogP contribution in [0.5, 0.6) is 0 Å². The molecular formula is C26H36N2O4. The SMILES string of the molecule is CCCN(CC(=O)N(Cc1ccco1)CC1CCCO1)C(=O)c1ccc(C(C)(C)C)cc1. The molecule has 0 saturated carbocycles. The maximum absolute atomic E-state index is 13.3. The minimum Gasteiger partial charge on any atom is -0.467 e. The minimum absolute atomic E-state index is 0.0231. The third-order valence-corrected chi connectivity index (χ3v) is 5.83. The number of hydrogen-bond donors (Lipinski definition) is 0. The van der Waals surface area contributed by atoms with E-state index in [1.54, 1.807) is 16.1 Å². The molecule has 1 fully saturated rings. The fourth-order valence-electron chi connectivity index (χ4n) is 3.96. The number of furan rings is 1. The zero-order valence-electron chi connectivity index (χ0n) is 19.8. The highest BCUT2D eigenvalue weighted by atomic mass is 16.5. The molecule has 0 aliphatic carbocycles. The summed E-state index contributed by atoms with van der Waals surface area (Å²) in [6, 6.07) is 11.4. The molecule has 3 rings (SSSR count). The summed E-state index contributed by atoms with van der Waals surface area (Å²) in [7, 11) is 0. The van der Waals surface area contributed by atoms with Crippen LogP contribution >= 0.6 is 0 Å². The summed E-state index contributed by atoms with van der Waals surface area (Å²) in [5.41, 5.74) is 1.80. The highest BCUT2D eigenvalue weighted by molar-refractivity contribution is 5.96. The molecule has 1 aromatic heterocycles. The smallest absolute Gasteiger partial charge is 0.254 e. The molecule has 2 aromatic rings. The van der Waals surface area contributed by atoms with Gasteiger partial charge in [-0.3, -0.25) is 9.59 Å². The Hall–Kier alpha value is -2.60. The Morgan fingerprint density at radius 3 is 2.41 bits per heavy atom. The second kappa shape index (κ2) is 10.8. The molecular weight excluding hydrogens is 404 g/mol. The minimum atomic E-state index is -0.115. The highest BCUT2D eigenvalue weighted by Crippen LogP contribution is 2.23. The van der Waals surface area contributed by atoms with Crippen LogP contribution in [-0.4, -0.2) is 54.0 Å². The normalized spacial score (nSPS) is 16.2. The molecule has 0 spiro atoms. The van der Waals surface area contributed by atoms with Gasteiger partial charge in [0.25, 0.3) is 5.91 Å². The zero-order chi connectivity index (χ0) is 23.1. The maximum Gasteiger partial charge on any atom is 0.254 e. The van der Waals surface area contributed by atoms with Crippen molar-refractivity contribution in [1.29, 1.82) is 0 Å². The van der Waals surface area contributed by atoms with Gasteiger partial charge >= 0.3 is 0 Å². The Morgan fingerprint density at radius 2 is 1.84 bits per heavy atom. The predicted octanol–water partition coefficient (Wildman–Crippen LogP) is 4.64. The molecule has 1 atom stereocenters. The lowest BCUT2D eigenvalue weighted by atomic mass is 9.86. The van der Waals surface area contributed by atoms with Gasteiger partial charge in [0, 0.05) is 25.3 Å². The van der Waals surface area contributed by atoms with Gasteiger partial charge in [-0.15, -0.1) is 0 Å². The van der Waals surface area contributed by atoms with E-state index in [-0.39, 0.29) is 29.9 Å². The van der Waals surface area contributed by atoms with Crippen molar-refractivity contribution in [3.63, 3.8) is 0 Å². The molecule has 1 aliphatic heterocycles. The molecule has 1 aromatic carbocycles. The molecule has 0 bridgehead atoms. The van der Waals surface area contributed by atoms with Crippen molar-refractivity contribution in [2.75, 3.05) is 26.2 Å². The van der Waals surface area contributed by atoms with Gasteiger partial charge in [0.1, 0.15) is 12.3 Å². The Morgan fingerprint density at radius 1 is 1.09 bits per heavy atom. The van der Waals surface area contributed by atoms with Crippen LogP contribution in [-0.2, 0) is 21.5 Å². The van der Waals surface area contributed by atoms with E-state index in [0.29, 0.717) is 25.2 Å². The first-order valence-electron chi connectivity index (χ1n) is 11.6. The molecule has 6 nitrogen and oxygen atoms in total. The summed E-state index contributed by atoms with van der Waals surface area (Å²) in [6.07, 6.45) is 4.38. The van der Waals surface area contributed by atoms with E-state index in [0.717, 1.165) is 31.6 Å². The van der Waals surface area contributed by atoms with E-state index in [2.05, 4.69) is 20.8 Å². The van der Waals surface area contributed by atoms with Crippen LogP contribution in [0.15, 0.2) is 47.1 Å². The van der Waals surface area contributed by atoms with Crippen molar-refractivity contribution in [2.45, 2.75) is 65.0 Å². The van der Waals surface area contributed by atoms with E-state index in [9.17, 15) is 9.59 Å². The number of carbonyl (C=O) groups is 2. The topological polar surface area (TPSA) is 63.0 Å². The van der Waals surface area contributed by atoms with E-state index in [1.165, 1.54) is 5.56 Å². The summed E-state index contributed by atoms with van der Waals surface area (Å²) in [5, 5.41) is 0. The van der Waals surface area contributed by atoms with Crippen molar-refractivity contribution in [3.05, 3.63) is 59.5 Å². The predicted molar refractivity (Wildman–Crippen MR) is 124 cm³/mol. The third-order valence-electron chi connectivity index (χ3n) is 5.83. The van der Waals surface area contributed by atoms with E-state index in [4.69, 9.17) is 9.15 Å². The van der Waals surface area contributed by atoms with Crippen LogP contribution in [0.25, 0.3) is 0 Å². The standard InChI is InChI=1S/C26H36N2O4/c1-5-14-27(25(30)20-10-12-21(13-11-20)26(2,3)4)19-24(29)28(17-22-8-6-15-31-22)18-23-9-7-16-32-23/h6,8,10-13,15,23H,5,7,9,14,16-19H2,1-4H3. The monoisotopic (exact) mass is 440 g/mol. The number of benzene rings is 1. The second-order valence-electron chi connectivity index (χ2n) is 9.54. The quantitative estimate of drug-likeness (QED) is 0.570. The summed E-state index contributed by atoms with van der Waals surface area (Å²) in [6.45, 7) is 10.6. The number of ether oxygens (including phenoxy) is 1. The van der Waals surface area contributed by atoms with Crippen LogP contribution in [0.3, 0.4) is 0 Å². The molecule has 0 N–H and O–H groups in total. The number of amides is 2. The summed E-state index contributed by atoms with van der Waals surface area (Å²) < 4.78 is 11.2. The van der Waals surface area contributed by atoms with Gasteiger partial charge in [-0.25, -0.2) is 0 Å². The third kappa shape index (κ3) is 6.45. The molecule has 1 saturated heterocycles. The molecule has 1 unspecified atom stereocenters. The van der Waals surface area contributed by atoms with Crippen LogP contribution in [0, 0.1) is 0 Å². The van der Waals surface area contributed by atoms with Crippen LogP contribution in [0.1, 0.15) is 68.6 Å². The van der Waals surface area contributed by atoms with Crippen molar-refractivity contribution < 1.29 is 18.7 Å². The molecule has 6 heteroatoms. The number of carbonyl (C=O) groups excluding carboxylic acids is 2. The first-order valence-corrected chi connectivity index (χ1v) is 11.6. The Kier molecular flexibility index (Phi) is 8.13. The number of hydrogen-bond acceptors (Lipinski definition) is 4. The Bertz CT molecular complexity index is 862. The van der Waals surface area contributed by atoms with Gasteiger partial charge in [0.2, 0.25) is 5.91 Å². The van der Waals surface area contributed by atoms with Crippen molar-refractivity contribution >= 4 is 11.8 Å². The molecule has 32 heavy (non-hydrogen) atoms. The lowest BCUT2D eigenvalue weighted by molar-refractivity contribution is -0.134. The van der Waals surface area contributed by atoms with Crippen molar-refractivity contribution in [3.8, 4) is 0 Å². The number of nitrogens with zero attached hydrogens (tertiary/aromatic N) is 2. The first kappa shape index (κ1) is 24.1. The van der Waals surface area contributed by atoms with Crippen LogP contribution in [0.4, 0.5) is 0 Å². The van der Waals surface area contributed by atoms with Crippen molar-refractivity contribution in [1.82, 2.24) is 9.80 Å². The lowest BCUT2D eigenvalue weighted by Gasteiger charge is -2.29. The fourth-order valence-corrected chi connectivity index (χ4v) is 3.96. The Labute approximate surface area is 191 Å². The Balaban J connectivity index is 1.72.